The monoisotopic (exact) mass is 407 g/mol. The number of sulfone groups is 1. The van der Waals surface area contributed by atoms with Crippen molar-refractivity contribution in [3.8, 4) is 0 Å². The number of aromatic amines is 1. The van der Waals surface area contributed by atoms with E-state index >= 15 is 0 Å². The third-order valence-corrected chi connectivity index (χ3v) is 6.60. The van der Waals surface area contributed by atoms with Crippen LogP contribution in [0, 0.1) is 12.7 Å². The molecule has 6 heteroatoms. The molecule has 1 heterocycles. The molecule has 0 fully saturated rings. The van der Waals surface area contributed by atoms with Gasteiger partial charge in [-0.1, -0.05) is 42.0 Å². The van der Waals surface area contributed by atoms with Crippen molar-refractivity contribution in [3.63, 3.8) is 0 Å². The predicted molar refractivity (Wildman–Crippen MR) is 111 cm³/mol. The highest BCUT2D eigenvalue weighted by Crippen LogP contribution is 2.32. The van der Waals surface area contributed by atoms with Gasteiger partial charge in [0.2, 0.25) is 15.4 Å². The minimum atomic E-state index is -3.74. The second kappa shape index (κ2) is 7.64. The van der Waals surface area contributed by atoms with Crippen molar-refractivity contribution in [3.05, 3.63) is 95.9 Å². The third kappa shape index (κ3) is 3.84. The highest BCUT2D eigenvalue weighted by Gasteiger charge is 2.26. The summed E-state index contributed by atoms with van der Waals surface area (Å²) in [6.45, 7) is 2.28. The SMILES string of the molecule is Cc1ccc(S(=O)(=O)c2c[nH+]c3ccccc3c2NCc2ccc(F)cc2)cc1. The van der Waals surface area contributed by atoms with Gasteiger partial charge in [0.15, 0.2) is 11.1 Å². The smallest absolute Gasteiger partial charge is 0.214 e. The maximum Gasteiger partial charge on any atom is 0.214 e. The van der Waals surface area contributed by atoms with Crippen LogP contribution in [0.4, 0.5) is 10.1 Å². The molecule has 1 aromatic heterocycles. The first-order chi connectivity index (χ1) is 13.9. The molecule has 0 aliphatic heterocycles. The summed E-state index contributed by atoms with van der Waals surface area (Å²) in [4.78, 5) is 3.49. The number of anilines is 1. The number of para-hydroxylation sites is 1. The standard InChI is InChI=1S/C23H19FN2O2S/c1-16-6-12-19(13-7-16)29(27,28)22-15-25-21-5-3-2-4-20(21)23(22)26-14-17-8-10-18(24)11-9-17/h2-13,15H,14H2,1H3,(H,25,26)/p+1. The second-order valence-corrected chi connectivity index (χ2v) is 8.79. The summed E-state index contributed by atoms with van der Waals surface area (Å²) in [7, 11) is -3.74. The lowest BCUT2D eigenvalue weighted by atomic mass is 10.1. The quantitative estimate of drug-likeness (QED) is 0.528. The summed E-state index contributed by atoms with van der Waals surface area (Å²) >= 11 is 0. The average molecular weight is 407 g/mol. The molecule has 0 saturated heterocycles. The van der Waals surface area contributed by atoms with Crippen LogP contribution < -0.4 is 10.3 Å². The first-order valence-electron chi connectivity index (χ1n) is 9.19. The zero-order valence-electron chi connectivity index (χ0n) is 15.8. The molecule has 0 atom stereocenters. The number of hydrogen-bond donors (Lipinski definition) is 1. The first kappa shape index (κ1) is 19.1. The zero-order valence-corrected chi connectivity index (χ0v) is 16.6. The van der Waals surface area contributed by atoms with Crippen molar-refractivity contribution in [2.45, 2.75) is 23.3 Å². The fourth-order valence-electron chi connectivity index (χ4n) is 3.21. The Labute approximate surface area is 169 Å². The Bertz CT molecular complexity index is 1270. The van der Waals surface area contributed by atoms with Gasteiger partial charge < -0.3 is 5.32 Å². The fraction of sp³-hybridized carbons (Fsp3) is 0.0870. The van der Waals surface area contributed by atoms with Crippen molar-refractivity contribution in [2.75, 3.05) is 5.32 Å². The van der Waals surface area contributed by atoms with Crippen LogP contribution in [0.1, 0.15) is 11.1 Å². The largest absolute Gasteiger partial charge is 0.379 e. The molecule has 0 aliphatic rings. The van der Waals surface area contributed by atoms with Gasteiger partial charge in [0.25, 0.3) is 0 Å². The molecular weight excluding hydrogens is 387 g/mol. The van der Waals surface area contributed by atoms with Gasteiger partial charge in [-0.2, -0.15) is 0 Å². The Kier molecular flexibility index (Phi) is 5.03. The van der Waals surface area contributed by atoms with Crippen LogP contribution in [0.15, 0.2) is 88.8 Å². The minimum absolute atomic E-state index is 0.169. The van der Waals surface area contributed by atoms with E-state index in [9.17, 15) is 12.8 Å². The van der Waals surface area contributed by atoms with E-state index < -0.39 is 9.84 Å². The zero-order chi connectivity index (χ0) is 20.4. The first-order valence-corrected chi connectivity index (χ1v) is 10.7. The maximum atomic E-state index is 13.4. The van der Waals surface area contributed by atoms with Gasteiger partial charge in [-0.25, -0.2) is 17.8 Å². The second-order valence-electron chi connectivity index (χ2n) is 6.87. The average Bonchev–Trinajstić information content (AvgIpc) is 2.73. The van der Waals surface area contributed by atoms with Crippen molar-refractivity contribution in [1.29, 1.82) is 0 Å². The number of benzene rings is 3. The number of fused-ring (bicyclic) bond motifs is 1. The molecule has 3 aromatic carbocycles. The van der Waals surface area contributed by atoms with E-state index in [0.29, 0.717) is 12.2 Å². The van der Waals surface area contributed by atoms with E-state index in [1.54, 1.807) is 36.4 Å². The van der Waals surface area contributed by atoms with Crippen LogP contribution in [-0.2, 0) is 16.4 Å². The fourth-order valence-corrected chi connectivity index (χ4v) is 4.62. The van der Waals surface area contributed by atoms with Gasteiger partial charge in [0.05, 0.1) is 16.0 Å². The summed E-state index contributed by atoms with van der Waals surface area (Å²) in [6.07, 6.45) is 1.52. The van der Waals surface area contributed by atoms with Crippen molar-refractivity contribution >= 4 is 26.4 Å². The molecule has 0 radical (unpaired) electrons. The minimum Gasteiger partial charge on any atom is -0.379 e. The molecule has 2 N–H and O–H groups in total. The number of aryl methyl sites for hydroxylation is 1. The Hall–Kier alpha value is -3.25. The molecule has 146 valence electrons. The Morgan fingerprint density at radius 3 is 2.34 bits per heavy atom. The van der Waals surface area contributed by atoms with Gasteiger partial charge in [0.1, 0.15) is 5.82 Å². The molecular formula is C23H20FN2O2S+. The van der Waals surface area contributed by atoms with Crippen LogP contribution in [0.5, 0.6) is 0 Å². The van der Waals surface area contributed by atoms with Gasteiger partial charge in [-0.05, 0) is 42.8 Å². The summed E-state index contributed by atoms with van der Waals surface area (Å²) in [5.74, 6) is -0.309. The van der Waals surface area contributed by atoms with Gasteiger partial charge in [-0.3, -0.25) is 0 Å². The molecule has 0 aliphatic carbocycles. The lowest BCUT2D eigenvalue weighted by Gasteiger charge is -2.13. The summed E-state index contributed by atoms with van der Waals surface area (Å²) in [6, 6.07) is 20.4. The van der Waals surface area contributed by atoms with Gasteiger partial charge in [-0.15, -0.1) is 0 Å². The maximum absolute atomic E-state index is 13.4. The van der Waals surface area contributed by atoms with Crippen molar-refractivity contribution in [1.82, 2.24) is 0 Å². The number of H-pyrrole nitrogens is 1. The van der Waals surface area contributed by atoms with Crippen molar-refractivity contribution < 1.29 is 17.8 Å². The number of halogens is 1. The lowest BCUT2D eigenvalue weighted by Crippen LogP contribution is -2.14. The number of aromatic nitrogens is 1. The van der Waals surface area contributed by atoms with Crippen LogP contribution in [0.3, 0.4) is 0 Å². The molecule has 4 aromatic rings. The Balaban J connectivity index is 1.82. The molecule has 4 rings (SSSR count). The number of nitrogens with one attached hydrogen (secondary N) is 2. The third-order valence-electron chi connectivity index (χ3n) is 4.80. The summed E-state index contributed by atoms with van der Waals surface area (Å²) in [5, 5.41) is 4.02. The molecule has 0 saturated carbocycles. The van der Waals surface area contributed by atoms with E-state index in [-0.39, 0.29) is 15.6 Å². The van der Waals surface area contributed by atoms with Crippen LogP contribution in [-0.4, -0.2) is 8.42 Å². The van der Waals surface area contributed by atoms with Crippen molar-refractivity contribution in [2.24, 2.45) is 0 Å². The Morgan fingerprint density at radius 2 is 1.62 bits per heavy atom. The molecule has 29 heavy (non-hydrogen) atoms. The number of rotatable bonds is 5. The van der Waals surface area contributed by atoms with Crippen LogP contribution >= 0.6 is 0 Å². The summed E-state index contributed by atoms with van der Waals surface area (Å²) in [5.41, 5.74) is 3.17. The molecule has 0 spiro atoms. The predicted octanol–water partition coefficient (Wildman–Crippen LogP) is 4.55. The summed E-state index contributed by atoms with van der Waals surface area (Å²) < 4.78 is 39.9. The van der Waals surface area contributed by atoms with Gasteiger partial charge >= 0.3 is 0 Å². The number of pyridine rings is 1. The molecule has 4 nitrogen and oxygen atoms in total. The lowest BCUT2D eigenvalue weighted by molar-refractivity contribution is -0.347. The molecule has 0 bridgehead atoms. The van der Waals surface area contributed by atoms with E-state index in [1.165, 1.54) is 18.3 Å². The van der Waals surface area contributed by atoms with Gasteiger partial charge in [0, 0.05) is 12.6 Å². The number of hydrogen-bond acceptors (Lipinski definition) is 3. The van der Waals surface area contributed by atoms with E-state index in [2.05, 4.69) is 10.3 Å². The normalized spacial score (nSPS) is 11.5. The van der Waals surface area contributed by atoms with E-state index in [4.69, 9.17) is 0 Å². The van der Waals surface area contributed by atoms with Crippen LogP contribution in [0.25, 0.3) is 10.9 Å². The Morgan fingerprint density at radius 1 is 0.931 bits per heavy atom. The highest BCUT2D eigenvalue weighted by molar-refractivity contribution is 7.91. The topological polar surface area (TPSA) is 60.3 Å². The van der Waals surface area contributed by atoms with Crippen LogP contribution in [0.2, 0.25) is 0 Å². The molecule has 0 unspecified atom stereocenters. The molecule has 0 amide bonds. The van der Waals surface area contributed by atoms with E-state index in [0.717, 1.165) is 22.0 Å². The van der Waals surface area contributed by atoms with E-state index in [1.807, 2.05) is 31.2 Å². The highest BCUT2D eigenvalue weighted by atomic mass is 32.2.